The largest absolute Gasteiger partial charge is 0.351 e. The van der Waals surface area contributed by atoms with E-state index in [2.05, 4.69) is 25.2 Å². The standard InChI is InChI=1S/C17H26ClNOS/c1-3-17(4-2,11-18)12-19-16(20)15-10-13-8-6-5-7-9-14(13)21-15/h10H,3-9,11-12H2,1-2H3,(H,19,20). The number of nitrogens with one attached hydrogen (secondary N) is 1. The fourth-order valence-electron chi connectivity index (χ4n) is 2.87. The van der Waals surface area contributed by atoms with Gasteiger partial charge in [0.15, 0.2) is 0 Å². The summed E-state index contributed by atoms with van der Waals surface area (Å²) in [6, 6.07) is 2.11. The van der Waals surface area contributed by atoms with Crippen molar-refractivity contribution in [1.82, 2.24) is 5.32 Å². The lowest BCUT2D eigenvalue weighted by Crippen LogP contribution is -2.38. The minimum Gasteiger partial charge on any atom is -0.351 e. The lowest BCUT2D eigenvalue weighted by molar-refractivity contribution is 0.0936. The average molecular weight is 328 g/mol. The fourth-order valence-corrected chi connectivity index (χ4v) is 4.51. The molecule has 0 atom stereocenters. The molecule has 2 rings (SSSR count). The first-order valence-electron chi connectivity index (χ1n) is 8.10. The number of halogens is 1. The normalized spacial score (nSPS) is 15.4. The summed E-state index contributed by atoms with van der Waals surface area (Å²) in [4.78, 5) is 14.7. The average Bonchev–Trinajstić information content (AvgIpc) is 2.80. The molecule has 1 aromatic rings. The zero-order valence-electron chi connectivity index (χ0n) is 13.1. The Hall–Kier alpha value is -0.540. The van der Waals surface area contributed by atoms with Gasteiger partial charge in [-0.05, 0) is 50.2 Å². The summed E-state index contributed by atoms with van der Waals surface area (Å²) in [5.41, 5.74) is 1.43. The zero-order valence-corrected chi connectivity index (χ0v) is 14.7. The van der Waals surface area contributed by atoms with Crippen molar-refractivity contribution in [2.45, 2.75) is 58.8 Å². The molecule has 0 spiro atoms. The Morgan fingerprint density at radius 2 is 2.00 bits per heavy atom. The highest BCUT2D eigenvalue weighted by molar-refractivity contribution is 7.14. The van der Waals surface area contributed by atoms with Crippen molar-refractivity contribution in [3.8, 4) is 0 Å². The third-order valence-corrected chi connectivity index (χ3v) is 6.68. The molecule has 4 heteroatoms. The Morgan fingerprint density at radius 1 is 1.29 bits per heavy atom. The van der Waals surface area contributed by atoms with Gasteiger partial charge in [0.05, 0.1) is 4.88 Å². The van der Waals surface area contributed by atoms with Crippen LogP contribution < -0.4 is 5.32 Å². The van der Waals surface area contributed by atoms with E-state index in [4.69, 9.17) is 11.6 Å². The summed E-state index contributed by atoms with van der Waals surface area (Å²) in [5, 5.41) is 3.10. The predicted octanol–water partition coefficient (Wildman–Crippen LogP) is 4.79. The number of thiophene rings is 1. The van der Waals surface area contributed by atoms with Crippen LogP contribution in [0.4, 0.5) is 0 Å². The van der Waals surface area contributed by atoms with E-state index in [-0.39, 0.29) is 11.3 Å². The molecule has 21 heavy (non-hydrogen) atoms. The Morgan fingerprint density at radius 3 is 2.67 bits per heavy atom. The van der Waals surface area contributed by atoms with E-state index in [9.17, 15) is 4.79 Å². The molecule has 0 unspecified atom stereocenters. The van der Waals surface area contributed by atoms with Crippen LogP contribution in [0.15, 0.2) is 6.07 Å². The molecule has 0 bridgehead atoms. The SMILES string of the molecule is CCC(CC)(CCl)CNC(=O)c1cc2c(s1)CCCCC2. The summed E-state index contributed by atoms with van der Waals surface area (Å²) in [6.07, 6.45) is 8.09. The Bertz CT molecular complexity index is 447. The van der Waals surface area contributed by atoms with Crippen molar-refractivity contribution in [3.05, 3.63) is 21.4 Å². The second kappa shape index (κ2) is 7.64. The van der Waals surface area contributed by atoms with E-state index < -0.39 is 0 Å². The first-order valence-corrected chi connectivity index (χ1v) is 9.45. The molecule has 1 aliphatic rings. The van der Waals surface area contributed by atoms with Crippen LogP contribution in [0, 0.1) is 5.41 Å². The quantitative estimate of drug-likeness (QED) is 0.590. The van der Waals surface area contributed by atoms with E-state index in [1.165, 1.54) is 29.7 Å². The summed E-state index contributed by atoms with van der Waals surface area (Å²) >= 11 is 7.79. The van der Waals surface area contributed by atoms with Gasteiger partial charge in [0, 0.05) is 22.7 Å². The molecule has 0 fully saturated rings. The van der Waals surface area contributed by atoms with Crippen molar-refractivity contribution in [2.24, 2.45) is 5.41 Å². The maximum Gasteiger partial charge on any atom is 0.261 e. The Kier molecular flexibility index (Phi) is 6.12. The van der Waals surface area contributed by atoms with Gasteiger partial charge in [-0.25, -0.2) is 0 Å². The molecule has 0 aromatic carbocycles. The van der Waals surface area contributed by atoms with E-state index in [1.807, 2.05) is 0 Å². The molecule has 1 aliphatic carbocycles. The van der Waals surface area contributed by atoms with Crippen molar-refractivity contribution in [1.29, 1.82) is 0 Å². The number of aryl methyl sites for hydroxylation is 2. The molecule has 118 valence electrons. The maximum atomic E-state index is 12.4. The number of rotatable bonds is 6. The van der Waals surface area contributed by atoms with Crippen LogP contribution >= 0.6 is 22.9 Å². The highest BCUT2D eigenvalue weighted by atomic mass is 35.5. The van der Waals surface area contributed by atoms with Gasteiger partial charge in [-0.3, -0.25) is 4.79 Å². The highest BCUT2D eigenvalue weighted by Crippen LogP contribution is 2.30. The molecule has 0 radical (unpaired) electrons. The van der Waals surface area contributed by atoms with Gasteiger partial charge in [0.2, 0.25) is 0 Å². The maximum absolute atomic E-state index is 12.4. The molecular weight excluding hydrogens is 302 g/mol. The van der Waals surface area contributed by atoms with Gasteiger partial charge in [-0.2, -0.15) is 0 Å². The van der Waals surface area contributed by atoms with Crippen LogP contribution in [0.2, 0.25) is 0 Å². The Balaban J connectivity index is 2.00. The van der Waals surface area contributed by atoms with Crippen molar-refractivity contribution in [2.75, 3.05) is 12.4 Å². The topological polar surface area (TPSA) is 29.1 Å². The number of alkyl halides is 1. The monoisotopic (exact) mass is 327 g/mol. The molecule has 0 aliphatic heterocycles. The number of hydrogen-bond acceptors (Lipinski definition) is 2. The van der Waals surface area contributed by atoms with Crippen LogP contribution in [0.3, 0.4) is 0 Å². The minimum absolute atomic E-state index is 0.0333. The third kappa shape index (κ3) is 4.01. The first kappa shape index (κ1) is 16.8. The van der Waals surface area contributed by atoms with Gasteiger partial charge in [-0.15, -0.1) is 22.9 Å². The van der Waals surface area contributed by atoms with Crippen molar-refractivity contribution >= 4 is 28.8 Å². The Labute approximate surface area is 137 Å². The molecule has 0 saturated carbocycles. The van der Waals surface area contributed by atoms with Crippen LogP contribution in [0.5, 0.6) is 0 Å². The third-order valence-electron chi connectivity index (χ3n) is 4.88. The van der Waals surface area contributed by atoms with Crippen LogP contribution in [0.1, 0.15) is 66.1 Å². The molecule has 2 nitrogen and oxygen atoms in total. The molecule has 1 heterocycles. The predicted molar refractivity (Wildman–Crippen MR) is 91.6 cm³/mol. The molecular formula is C17H26ClNOS. The second-order valence-corrected chi connectivity index (χ2v) is 7.55. The van der Waals surface area contributed by atoms with E-state index in [1.54, 1.807) is 11.3 Å². The highest BCUT2D eigenvalue weighted by Gasteiger charge is 2.26. The zero-order chi connectivity index (χ0) is 15.3. The van der Waals surface area contributed by atoms with Crippen LogP contribution in [-0.4, -0.2) is 18.3 Å². The lowest BCUT2D eigenvalue weighted by Gasteiger charge is -2.29. The van der Waals surface area contributed by atoms with E-state index >= 15 is 0 Å². The number of amides is 1. The van der Waals surface area contributed by atoms with Gasteiger partial charge in [-0.1, -0.05) is 20.3 Å². The molecule has 0 saturated heterocycles. The van der Waals surface area contributed by atoms with Crippen molar-refractivity contribution < 1.29 is 4.79 Å². The smallest absolute Gasteiger partial charge is 0.261 e. The van der Waals surface area contributed by atoms with Crippen LogP contribution in [0.25, 0.3) is 0 Å². The van der Waals surface area contributed by atoms with Gasteiger partial charge in [0.25, 0.3) is 5.91 Å². The summed E-state index contributed by atoms with van der Waals surface area (Å²) in [7, 11) is 0. The fraction of sp³-hybridized carbons (Fsp3) is 0.706. The molecule has 1 aromatic heterocycles. The van der Waals surface area contributed by atoms with Gasteiger partial charge < -0.3 is 5.32 Å². The van der Waals surface area contributed by atoms with Crippen molar-refractivity contribution in [3.63, 3.8) is 0 Å². The van der Waals surface area contributed by atoms with E-state index in [0.29, 0.717) is 12.4 Å². The summed E-state index contributed by atoms with van der Waals surface area (Å²) < 4.78 is 0. The number of carbonyl (C=O) groups excluding carboxylic acids is 1. The summed E-state index contributed by atoms with van der Waals surface area (Å²) in [6.45, 7) is 4.96. The number of carbonyl (C=O) groups is 1. The minimum atomic E-state index is 0.0333. The number of hydrogen-bond donors (Lipinski definition) is 1. The molecule has 1 N–H and O–H groups in total. The van der Waals surface area contributed by atoms with E-state index in [0.717, 1.165) is 30.6 Å². The second-order valence-electron chi connectivity index (χ2n) is 6.14. The summed E-state index contributed by atoms with van der Waals surface area (Å²) in [5.74, 6) is 0.672. The van der Waals surface area contributed by atoms with Gasteiger partial charge >= 0.3 is 0 Å². The molecule has 1 amide bonds. The number of fused-ring (bicyclic) bond motifs is 1. The van der Waals surface area contributed by atoms with Crippen LogP contribution in [-0.2, 0) is 12.8 Å². The van der Waals surface area contributed by atoms with Gasteiger partial charge in [0.1, 0.15) is 0 Å². The lowest BCUT2D eigenvalue weighted by atomic mass is 9.84. The first-order chi connectivity index (χ1) is 10.1.